The highest BCUT2D eigenvalue weighted by Crippen LogP contribution is 2.49. The largest absolute Gasteiger partial charge is 0.508 e. The third-order valence-electron chi connectivity index (χ3n) is 4.36. The number of benzene rings is 1. The van der Waals surface area contributed by atoms with E-state index in [1.807, 2.05) is 6.07 Å². The maximum Gasteiger partial charge on any atom is 0.119 e. The molecule has 3 aliphatic rings. The van der Waals surface area contributed by atoms with E-state index in [-0.39, 0.29) is 12.2 Å². The molecule has 2 atom stereocenters. The predicted molar refractivity (Wildman–Crippen MR) is 69.5 cm³/mol. The van der Waals surface area contributed by atoms with E-state index in [4.69, 9.17) is 4.74 Å². The lowest BCUT2D eigenvalue weighted by Crippen LogP contribution is -2.20. The van der Waals surface area contributed by atoms with Crippen molar-refractivity contribution in [1.82, 2.24) is 0 Å². The van der Waals surface area contributed by atoms with Crippen molar-refractivity contribution in [2.75, 3.05) is 0 Å². The van der Waals surface area contributed by atoms with Gasteiger partial charge in [0.15, 0.2) is 0 Å². The topological polar surface area (TPSA) is 29.5 Å². The van der Waals surface area contributed by atoms with Crippen molar-refractivity contribution in [2.45, 2.75) is 25.0 Å². The first kappa shape index (κ1) is 10.2. The second-order valence-electron chi connectivity index (χ2n) is 5.27. The molecule has 0 aromatic heterocycles. The van der Waals surface area contributed by atoms with Gasteiger partial charge >= 0.3 is 0 Å². The Labute approximate surface area is 106 Å². The molecule has 1 aromatic carbocycles. The van der Waals surface area contributed by atoms with Crippen LogP contribution in [0.15, 0.2) is 53.6 Å². The Morgan fingerprint density at radius 3 is 2.44 bits per heavy atom. The van der Waals surface area contributed by atoms with E-state index in [0.29, 0.717) is 5.75 Å². The van der Waals surface area contributed by atoms with Gasteiger partial charge in [-0.2, -0.15) is 0 Å². The van der Waals surface area contributed by atoms with Crippen molar-refractivity contribution in [3.05, 3.63) is 64.8 Å². The Kier molecular flexibility index (Phi) is 1.78. The zero-order valence-electron chi connectivity index (χ0n) is 10.1. The van der Waals surface area contributed by atoms with Crippen LogP contribution in [0, 0.1) is 0 Å². The van der Waals surface area contributed by atoms with Crippen molar-refractivity contribution in [3.63, 3.8) is 0 Å². The van der Waals surface area contributed by atoms with Crippen LogP contribution in [0.1, 0.15) is 11.1 Å². The molecule has 1 aromatic rings. The summed E-state index contributed by atoms with van der Waals surface area (Å²) in [7, 11) is 0. The monoisotopic (exact) mass is 238 g/mol. The van der Waals surface area contributed by atoms with Crippen molar-refractivity contribution >= 4 is 0 Å². The fourth-order valence-electron chi connectivity index (χ4n) is 3.36. The molecule has 2 heteroatoms. The fourth-order valence-corrected chi connectivity index (χ4v) is 3.36. The molecule has 1 fully saturated rings. The summed E-state index contributed by atoms with van der Waals surface area (Å²) >= 11 is 0. The summed E-state index contributed by atoms with van der Waals surface area (Å²) in [5, 5.41) is 9.96. The Bertz CT molecular complexity index is 636. The third-order valence-corrected chi connectivity index (χ3v) is 4.36. The number of aromatic hydroxyl groups is 1. The van der Waals surface area contributed by atoms with Crippen LogP contribution >= 0.6 is 0 Å². The van der Waals surface area contributed by atoms with Crippen molar-refractivity contribution < 1.29 is 9.84 Å². The van der Waals surface area contributed by atoms with E-state index < -0.39 is 0 Å². The lowest BCUT2D eigenvalue weighted by molar-refractivity contribution is 0.129. The summed E-state index contributed by atoms with van der Waals surface area (Å²) in [5.41, 5.74) is 6.94. The van der Waals surface area contributed by atoms with E-state index in [0.717, 1.165) is 29.6 Å². The van der Waals surface area contributed by atoms with E-state index >= 15 is 0 Å². The van der Waals surface area contributed by atoms with Gasteiger partial charge in [0.05, 0.1) is 0 Å². The fraction of sp³-hybridized carbons (Fsp3) is 0.250. The highest BCUT2D eigenvalue weighted by Gasteiger charge is 2.46. The summed E-state index contributed by atoms with van der Waals surface area (Å²) in [4.78, 5) is 0. The molecule has 2 heterocycles. The summed E-state index contributed by atoms with van der Waals surface area (Å²) in [6.07, 6.45) is 1.69. The van der Waals surface area contributed by atoms with Crippen LogP contribution in [0.25, 0.3) is 0 Å². The van der Waals surface area contributed by atoms with Gasteiger partial charge in [0, 0.05) is 12.0 Å². The molecule has 0 saturated carbocycles. The molecule has 2 bridgehead atoms. The van der Waals surface area contributed by atoms with Crippen LogP contribution in [0.5, 0.6) is 5.75 Å². The Morgan fingerprint density at radius 2 is 1.72 bits per heavy atom. The molecule has 0 radical (unpaired) electrons. The summed E-state index contributed by atoms with van der Waals surface area (Å²) in [6, 6.07) is 5.75. The maximum atomic E-state index is 9.96. The van der Waals surface area contributed by atoms with E-state index in [1.54, 1.807) is 6.07 Å². The molecular formula is C16H14O2. The second kappa shape index (κ2) is 3.15. The third kappa shape index (κ3) is 1.06. The Hall–Kier alpha value is -1.80. The number of ether oxygens (including phenoxy) is 1. The lowest BCUT2D eigenvalue weighted by Gasteiger charge is -2.26. The van der Waals surface area contributed by atoms with Crippen molar-refractivity contribution in [1.29, 1.82) is 0 Å². The quantitative estimate of drug-likeness (QED) is 0.704. The molecule has 2 unspecified atom stereocenters. The summed E-state index contributed by atoms with van der Waals surface area (Å²) in [5.74, 6) is 0.395. The summed E-state index contributed by atoms with van der Waals surface area (Å²) in [6.45, 7) is 8.14. The highest BCUT2D eigenvalue weighted by molar-refractivity contribution is 5.60. The number of hydrogen-bond donors (Lipinski definition) is 1. The molecular weight excluding hydrogens is 224 g/mol. The average Bonchev–Trinajstić information content (AvgIpc) is 2.86. The molecule has 0 spiro atoms. The first-order chi connectivity index (χ1) is 8.66. The number of phenols is 1. The van der Waals surface area contributed by atoms with E-state index in [2.05, 4.69) is 19.2 Å². The van der Waals surface area contributed by atoms with Gasteiger partial charge in [-0.1, -0.05) is 25.3 Å². The molecule has 2 nitrogen and oxygen atoms in total. The predicted octanol–water partition coefficient (Wildman–Crippen LogP) is 2.68. The van der Waals surface area contributed by atoms with Crippen molar-refractivity contribution in [2.24, 2.45) is 0 Å². The molecule has 0 amide bonds. The first-order valence-electron chi connectivity index (χ1n) is 6.22. The smallest absolute Gasteiger partial charge is 0.119 e. The second-order valence-corrected chi connectivity index (χ2v) is 5.27. The van der Waals surface area contributed by atoms with Gasteiger partial charge < -0.3 is 9.84 Å². The number of fused-ring (bicyclic) bond motifs is 5. The van der Waals surface area contributed by atoms with Crippen LogP contribution in [-0.4, -0.2) is 17.3 Å². The molecule has 1 saturated heterocycles. The van der Waals surface area contributed by atoms with Gasteiger partial charge in [-0.3, -0.25) is 0 Å². The number of hydrogen-bond acceptors (Lipinski definition) is 2. The van der Waals surface area contributed by atoms with E-state index in [9.17, 15) is 5.11 Å². The normalized spacial score (nSPS) is 28.7. The highest BCUT2D eigenvalue weighted by atomic mass is 16.5. The van der Waals surface area contributed by atoms with Gasteiger partial charge in [-0.05, 0) is 40.3 Å². The SMILES string of the molecule is C=C1C(=C)C2OC1C1=C2Cc2c(O)cccc2C1. The average molecular weight is 238 g/mol. The lowest BCUT2D eigenvalue weighted by atomic mass is 9.76. The molecule has 4 rings (SSSR count). The van der Waals surface area contributed by atoms with Gasteiger partial charge in [-0.25, -0.2) is 0 Å². The van der Waals surface area contributed by atoms with Crippen molar-refractivity contribution in [3.8, 4) is 5.75 Å². The van der Waals surface area contributed by atoms with Crippen LogP contribution in [-0.2, 0) is 17.6 Å². The minimum Gasteiger partial charge on any atom is -0.508 e. The zero-order chi connectivity index (χ0) is 12.4. The van der Waals surface area contributed by atoms with Crippen LogP contribution in [0.2, 0.25) is 0 Å². The van der Waals surface area contributed by atoms with Crippen LogP contribution < -0.4 is 0 Å². The molecule has 1 N–H and O–H groups in total. The van der Waals surface area contributed by atoms with Crippen LogP contribution in [0.3, 0.4) is 0 Å². The van der Waals surface area contributed by atoms with Gasteiger partial charge in [-0.15, -0.1) is 0 Å². The van der Waals surface area contributed by atoms with Gasteiger partial charge in [0.25, 0.3) is 0 Å². The zero-order valence-corrected chi connectivity index (χ0v) is 10.1. The maximum absolute atomic E-state index is 9.96. The number of phenolic OH excluding ortho intramolecular Hbond substituents is 1. The summed E-state index contributed by atoms with van der Waals surface area (Å²) < 4.78 is 5.96. The Balaban J connectivity index is 1.85. The molecule has 90 valence electrons. The molecule has 1 aliphatic carbocycles. The van der Waals surface area contributed by atoms with Gasteiger partial charge in [0.1, 0.15) is 18.0 Å². The molecule has 18 heavy (non-hydrogen) atoms. The van der Waals surface area contributed by atoms with E-state index in [1.165, 1.54) is 16.7 Å². The first-order valence-corrected chi connectivity index (χ1v) is 6.22. The molecule has 2 aliphatic heterocycles. The Morgan fingerprint density at radius 1 is 1.06 bits per heavy atom. The minimum absolute atomic E-state index is 0.00487. The van der Waals surface area contributed by atoms with Crippen LogP contribution in [0.4, 0.5) is 0 Å². The number of rotatable bonds is 0. The van der Waals surface area contributed by atoms with Gasteiger partial charge in [0.2, 0.25) is 0 Å². The standard InChI is InChI=1S/C16H14O2/c1-8-9(2)16-13-7-11-10(4-3-5-14(11)17)6-12(13)15(8)18-16/h3-5,15-17H,1-2,6-7H2. The minimum atomic E-state index is 0.00487.